The molecule has 0 saturated carbocycles. The third-order valence-corrected chi connectivity index (χ3v) is 4.36. The number of carbonyl (C=O) groups is 1. The van der Waals surface area contributed by atoms with Gasteiger partial charge in [-0.1, -0.05) is 23.2 Å². The smallest absolute Gasteiger partial charge is 0.249 e. The predicted octanol–water partition coefficient (Wildman–Crippen LogP) is 4.23. The maximum atomic E-state index is 12.2. The van der Waals surface area contributed by atoms with Crippen LogP contribution in [0.1, 0.15) is 12.8 Å². The van der Waals surface area contributed by atoms with Crippen LogP contribution in [0.15, 0.2) is 40.8 Å². The molecule has 120 valence electrons. The van der Waals surface area contributed by atoms with Gasteiger partial charge in [0.1, 0.15) is 6.54 Å². The van der Waals surface area contributed by atoms with Crippen molar-refractivity contribution in [2.24, 2.45) is 10.2 Å². The van der Waals surface area contributed by atoms with Crippen molar-refractivity contribution >= 4 is 40.7 Å². The highest BCUT2D eigenvalue weighted by atomic mass is 35.5. The van der Waals surface area contributed by atoms with Gasteiger partial charge in [0.25, 0.3) is 0 Å². The van der Waals surface area contributed by atoms with Crippen LogP contribution in [0, 0.1) is 0 Å². The summed E-state index contributed by atoms with van der Waals surface area (Å²) < 4.78 is 1.68. The molecule has 0 radical (unpaired) electrons. The molecule has 1 aromatic heterocycles. The van der Waals surface area contributed by atoms with Crippen molar-refractivity contribution in [3.05, 3.63) is 40.6 Å². The quantitative estimate of drug-likeness (QED) is 0.773. The van der Waals surface area contributed by atoms with E-state index in [4.69, 9.17) is 23.2 Å². The lowest BCUT2D eigenvalue weighted by Gasteiger charge is -2.15. The fourth-order valence-electron chi connectivity index (χ4n) is 2.39. The molecule has 8 heteroatoms. The number of halogens is 2. The van der Waals surface area contributed by atoms with E-state index in [1.807, 2.05) is 4.90 Å². The van der Waals surface area contributed by atoms with Crippen LogP contribution in [0.2, 0.25) is 10.0 Å². The molecular formula is C15H15Cl2N5O. The number of carbonyl (C=O) groups excluding carboxylic acids is 1. The number of imidazole rings is 1. The summed E-state index contributed by atoms with van der Waals surface area (Å²) in [6, 6.07) is 4.98. The van der Waals surface area contributed by atoms with Crippen molar-refractivity contribution in [3.63, 3.8) is 0 Å². The Morgan fingerprint density at radius 2 is 1.96 bits per heavy atom. The Kier molecular flexibility index (Phi) is 4.93. The molecule has 0 spiro atoms. The van der Waals surface area contributed by atoms with Crippen LogP contribution < -0.4 is 0 Å². The Hall–Kier alpha value is -1.92. The molecule has 1 aliphatic rings. The number of amides is 1. The highest BCUT2D eigenvalue weighted by Crippen LogP contribution is 2.27. The van der Waals surface area contributed by atoms with Gasteiger partial charge in [-0.15, -0.1) is 10.2 Å². The summed E-state index contributed by atoms with van der Waals surface area (Å²) in [6.07, 6.45) is 5.46. The topological polar surface area (TPSA) is 62.9 Å². The fraction of sp³-hybridized carbons (Fsp3) is 0.333. The second-order valence-electron chi connectivity index (χ2n) is 5.24. The van der Waals surface area contributed by atoms with E-state index < -0.39 is 0 Å². The van der Waals surface area contributed by atoms with E-state index in [0.29, 0.717) is 21.7 Å². The number of benzene rings is 1. The lowest BCUT2D eigenvalue weighted by Crippen LogP contribution is -2.30. The van der Waals surface area contributed by atoms with Gasteiger partial charge >= 0.3 is 0 Å². The van der Waals surface area contributed by atoms with Crippen molar-refractivity contribution in [2.45, 2.75) is 19.4 Å². The molecule has 1 aromatic carbocycles. The summed E-state index contributed by atoms with van der Waals surface area (Å²) in [7, 11) is 0. The molecule has 0 aliphatic carbocycles. The maximum absolute atomic E-state index is 12.2. The average Bonchev–Trinajstić information content (AvgIpc) is 3.20. The molecule has 2 aromatic rings. The molecule has 1 aliphatic heterocycles. The van der Waals surface area contributed by atoms with Crippen LogP contribution in [0.4, 0.5) is 11.6 Å². The minimum atomic E-state index is 0.0755. The first-order valence-electron chi connectivity index (χ1n) is 7.29. The first-order valence-corrected chi connectivity index (χ1v) is 8.05. The predicted molar refractivity (Wildman–Crippen MR) is 88.7 cm³/mol. The minimum absolute atomic E-state index is 0.0755. The number of rotatable bonds is 4. The third-order valence-electron chi connectivity index (χ3n) is 3.62. The number of hydrogen-bond donors (Lipinski definition) is 0. The van der Waals surface area contributed by atoms with Gasteiger partial charge in [-0.2, -0.15) is 0 Å². The average molecular weight is 352 g/mol. The van der Waals surface area contributed by atoms with E-state index in [0.717, 1.165) is 25.9 Å². The number of azo groups is 1. The molecule has 1 amide bonds. The van der Waals surface area contributed by atoms with Gasteiger partial charge in [-0.25, -0.2) is 4.98 Å². The molecule has 6 nitrogen and oxygen atoms in total. The van der Waals surface area contributed by atoms with Crippen LogP contribution in [-0.4, -0.2) is 33.4 Å². The van der Waals surface area contributed by atoms with Gasteiger partial charge in [0.05, 0.1) is 15.7 Å². The van der Waals surface area contributed by atoms with Crippen LogP contribution in [0.25, 0.3) is 0 Å². The van der Waals surface area contributed by atoms with Crippen molar-refractivity contribution in [3.8, 4) is 0 Å². The van der Waals surface area contributed by atoms with Crippen LogP contribution >= 0.6 is 23.2 Å². The maximum Gasteiger partial charge on any atom is 0.249 e. The third kappa shape index (κ3) is 3.89. The van der Waals surface area contributed by atoms with Crippen molar-refractivity contribution in [2.75, 3.05) is 13.1 Å². The zero-order valence-corrected chi connectivity index (χ0v) is 13.8. The Morgan fingerprint density at radius 3 is 2.70 bits per heavy atom. The Bertz CT molecular complexity index is 737. The lowest BCUT2D eigenvalue weighted by molar-refractivity contribution is -0.130. The zero-order chi connectivity index (χ0) is 16.2. The second-order valence-corrected chi connectivity index (χ2v) is 6.06. The Morgan fingerprint density at radius 1 is 1.17 bits per heavy atom. The largest absolute Gasteiger partial charge is 0.341 e. The van der Waals surface area contributed by atoms with Crippen LogP contribution in [0.5, 0.6) is 0 Å². The highest BCUT2D eigenvalue weighted by molar-refractivity contribution is 6.42. The molecule has 3 rings (SSSR count). The van der Waals surface area contributed by atoms with Gasteiger partial charge < -0.3 is 9.47 Å². The van der Waals surface area contributed by atoms with E-state index in [9.17, 15) is 4.79 Å². The van der Waals surface area contributed by atoms with Crippen LogP contribution in [-0.2, 0) is 11.3 Å². The van der Waals surface area contributed by atoms with Crippen LogP contribution in [0.3, 0.4) is 0 Å². The SMILES string of the molecule is O=C(Cn1ccnc1N=Nc1ccc(Cl)c(Cl)c1)N1CCCC1. The fourth-order valence-corrected chi connectivity index (χ4v) is 2.68. The Labute approximate surface area is 143 Å². The van der Waals surface area contributed by atoms with Gasteiger partial charge in [-0.05, 0) is 31.0 Å². The first kappa shape index (κ1) is 16.0. The first-order chi connectivity index (χ1) is 11.1. The molecule has 2 heterocycles. The van der Waals surface area contributed by atoms with Gasteiger partial charge in [0.2, 0.25) is 11.9 Å². The Balaban J connectivity index is 1.71. The molecule has 0 bridgehead atoms. The minimum Gasteiger partial charge on any atom is -0.341 e. The van der Waals surface area contributed by atoms with E-state index >= 15 is 0 Å². The summed E-state index contributed by atoms with van der Waals surface area (Å²) in [4.78, 5) is 18.2. The van der Waals surface area contributed by atoms with Gasteiger partial charge in [-0.3, -0.25) is 4.79 Å². The molecular weight excluding hydrogens is 337 g/mol. The molecule has 1 saturated heterocycles. The van der Waals surface area contributed by atoms with Crippen molar-refractivity contribution in [1.82, 2.24) is 14.5 Å². The number of aromatic nitrogens is 2. The highest BCUT2D eigenvalue weighted by Gasteiger charge is 2.18. The molecule has 1 fully saturated rings. The van der Waals surface area contributed by atoms with E-state index in [1.165, 1.54) is 0 Å². The van der Waals surface area contributed by atoms with E-state index in [2.05, 4.69) is 15.2 Å². The molecule has 0 N–H and O–H groups in total. The normalized spacial score (nSPS) is 14.8. The summed E-state index contributed by atoms with van der Waals surface area (Å²) in [5, 5.41) is 9.06. The molecule has 23 heavy (non-hydrogen) atoms. The number of hydrogen-bond acceptors (Lipinski definition) is 4. The summed E-state index contributed by atoms with van der Waals surface area (Å²) in [5.41, 5.74) is 0.569. The summed E-state index contributed by atoms with van der Waals surface area (Å²) in [6.45, 7) is 1.87. The van der Waals surface area contributed by atoms with Gasteiger partial charge in [0, 0.05) is 25.5 Å². The summed E-state index contributed by atoms with van der Waals surface area (Å²) in [5.74, 6) is 0.454. The van der Waals surface area contributed by atoms with Gasteiger partial charge in [0.15, 0.2) is 0 Å². The van der Waals surface area contributed by atoms with Crippen molar-refractivity contribution < 1.29 is 4.79 Å². The number of nitrogens with zero attached hydrogens (tertiary/aromatic N) is 5. The van der Waals surface area contributed by atoms with E-state index in [-0.39, 0.29) is 12.5 Å². The molecule has 0 atom stereocenters. The second kappa shape index (κ2) is 7.10. The zero-order valence-electron chi connectivity index (χ0n) is 12.3. The molecule has 0 unspecified atom stereocenters. The standard InChI is InChI=1S/C15H15Cl2N5O/c16-12-4-3-11(9-13(12)17)19-20-15-18-5-8-22(15)10-14(23)21-6-1-2-7-21/h3-5,8-9H,1-2,6-7,10H2. The van der Waals surface area contributed by atoms with E-state index in [1.54, 1.807) is 35.2 Å². The summed E-state index contributed by atoms with van der Waals surface area (Å²) >= 11 is 11.8. The van der Waals surface area contributed by atoms with Crippen molar-refractivity contribution in [1.29, 1.82) is 0 Å². The number of likely N-dealkylation sites (tertiary alicyclic amines) is 1. The monoisotopic (exact) mass is 351 g/mol. The lowest BCUT2D eigenvalue weighted by atomic mass is 10.3.